The van der Waals surface area contributed by atoms with E-state index in [1.807, 2.05) is 6.07 Å². The number of fused-ring (bicyclic) bond motifs is 1. The van der Waals surface area contributed by atoms with E-state index in [2.05, 4.69) is 57.6 Å². The van der Waals surface area contributed by atoms with Crippen LogP contribution in [-0.2, 0) is 29.0 Å². The molecular formula is C22H27N3O2. The Hall–Kier alpha value is -2.37. The molecule has 0 unspecified atom stereocenters. The van der Waals surface area contributed by atoms with Crippen molar-refractivity contribution in [3.05, 3.63) is 65.2 Å². The monoisotopic (exact) mass is 365 g/mol. The molecule has 0 spiro atoms. The third-order valence-corrected chi connectivity index (χ3v) is 5.34. The first-order valence-electron chi connectivity index (χ1n) is 9.75. The molecule has 0 bridgehead atoms. The summed E-state index contributed by atoms with van der Waals surface area (Å²) in [6.07, 6.45) is 1.02. The SMILES string of the molecule is O=C(CN1CCc2ccccc21)NCc1ccc(CN2CCOCC2)cc1. The molecule has 2 heterocycles. The highest BCUT2D eigenvalue weighted by molar-refractivity contribution is 5.82. The lowest BCUT2D eigenvalue weighted by molar-refractivity contribution is -0.119. The minimum atomic E-state index is 0.0732. The smallest absolute Gasteiger partial charge is 0.239 e. The summed E-state index contributed by atoms with van der Waals surface area (Å²) in [6.45, 7) is 6.53. The van der Waals surface area contributed by atoms with E-state index in [1.165, 1.54) is 16.8 Å². The van der Waals surface area contributed by atoms with E-state index < -0.39 is 0 Å². The van der Waals surface area contributed by atoms with Gasteiger partial charge in [-0.3, -0.25) is 9.69 Å². The van der Waals surface area contributed by atoms with E-state index in [-0.39, 0.29) is 5.91 Å². The lowest BCUT2D eigenvalue weighted by atomic mass is 10.1. The summed E-state index contributed by atoms with van der Waals surface area (Å²) < 4.78 is 5.39. The Morgan fingerprint density at radius 3 is 2.52 bits per heavy atom. The highest BCUT2D eigenvalue weighted by Crippen LogP contribution is 2.26. The van der Waals surface area contributed by atoms with Gasteiger partial charge < -0.3 is 15.0 Å². The van der Waals surface area contributed by atoms with Crippen molar-refractivity contribution < 1.29 is 9.53 Å². The van der Waals surface area contributed by atoms with E-state index in [4.69, 9.17) is 4.74 Å². The van der Waals surface area contributed by atoms with Crippen LogP contribution in [0.2, 0.25) is 0 Å². The Morgan fingerprint density at radius 1 is 0.963 bits per heavy atom. The number of rotatable bonds is 6. The fraction of sp³-hybridized carbons (Fsp3) is 0.409. The summed E-state index contributed by atoms with van der Waals surface area (Å²) in [5.74, 6) is 0.0732. The maximum Gasteiger partial charge on any atom is 0.239 e. The average molecular weight is 365 g/mol. The first kappa shape index (κ1) is 18.0. The van der Waals surface area contributed by atoms with Crippen LogP contribution < -0.4 is 10.2 Å². The van der Waals surface area contributed by atoms with Crippen LogP contribution in [0.5, 0.6) is 0 Å². The number of para-hydroxylation sites is 1. The Balaban J connectivity index is 1.24. The largest absolute Gasteiger partial charge is 0.379 e. The predicted octanol–water partition coefficient (Wildman–Crippen LogP) is 2.20. The van der Waals surface area contributed by atoms with Gasteiger partial charge in [-0.25, -0.2) is 0 Å². The number of amides is 1. The second-order valence-corrected chi connectivity index (χ2v) is 7.28. The van der Waals surface area contributed by atoms with Crippen molar-refractivity contribution in [2.24, 2.45) is 0 Å². The number of nitrogens with zero attached hydrogens (tertiary/aromatic N) is 2. The van der Waals surface area contributed by atoms with Crippen LogP contribution in [-0.4, -0.2) is 50.2 Å². The van der Waals surface area contributed by atoms with Crippen molar-refractivity contribution in [2.45, 2.75) is 19.5 Å². The molecule has 5 nitrogen and oxygen atoms in total. The molecule has 0 aromatic heterocycles. The average Bonchev–Trinajstić information content (AvgIpc) is 3.11. The zero-order chi connectivity index (χ0) is 18.5. The van der Waals surface area contributed by atoms with Crippen LogP contribution in [0.15, 0.2) is 48.5 Å². The van der Waals surface area contributed by atoms with Crippen LogP contribution in [0.4, 0.5) is 5.69 Å². The summed E-state index contributed by atoms with van der Waals surface area (Å²) in [5.41, 5.74) is 4.97. The standard InChI is InChI=1S/C22H27N3O2/c26-22(17-25-10-9-20-3-1-2-4-21(20)25)23-15-18-5-7-19(8-6-18)16-24-11-13-27-14-12-24/h1-8H,9-17H2,(H,23,26). The van der Waals surface area contributed by atoms with Crippen LogP contribution in [0.3, 0.4) is 0 Å². The third-order valence-electron chi connectivity index (χ3n) is 5.34. The van der Waals surface area contributed by atoms with Gasteiger partial charge in [0, 0.05) is 38.4 Å². The van der Waals surface area contributed by atoms with Crippen molar-refractivity contribution in [1.82, 2.24) is 10.2 Å². The molecule has 2 aliphatic heterocycles. The second kappa shape index (κ2) is 8.55. The van der Waals surface area contributed by atoms with E-state index in [9.17, 15) is 4.79 Å². The van der Waals surface area contributed by atoms with E-state index >= 15 is 0 Å². The molecule has 142 valence electrons. The highest BCUT2D eigenvalue weighted by Gasteiger charge is 2.20. The quantitative estimate of drug-likeness (QED) is 0.852. The first-order valence-corrected chi connectivity index (χ1v) is 9.75. The maximum absolute atomic E-state index is 12.3. The molecule has 1 amide bonds. The van der Waals surface area contributed by atoms with E-state index in [1.54, 1.807) is 0 Å². The van der Waals surface area contributed by atoms with Crippen LogP contribution in [0.1, 0.15) is 16.7 Å². The summed E-state index contributed by atoms with van der Waals surface area (Å²) >= 11 is 0. The summed E-state index contributed by atoms with van der Waals surface area (Å²) in [4.78, 5) is 16.9. The normalized spacial score (nSPS) is 17.0. The van der Waals surface area contributed by atoms with Gasteiger partial charge in [0.05, 0.1) is 19.8 Å². The van der Waals surface area contributed by atoms with Gasteiger partial charge in [-0.2, -0.15) is 0 Å². The second-order valence-electron chi connectivity index (χ2n) is 7.28. The van der Waals surface area contributed by atoms with Crippen molar-refractivity contribution in [3.63, 3.8) is 0 Å². The fourth-order valence-corrected chi connectivity index (χ4v) is 3.78. The number of hydrogen-bond donors (Lipinski definition) is 1. The van der Waals surface area contributed by atoms with Gasteiger partial charge in [-0.1, -0.05) is 42.5 Å². The van der Waals surface area contributed by atoms with Gasteiger partial charge >= 0.3 is 0 Å². The van der Waals surface area contributed by atoms with Gasteiger partial charge in [0.2, 0.25) is 5.91 Å². The van der Waals surface area contributed by atoms with Crippen LogP contribution in [0.25, 0.3) is 0 Å². The zero-order valence-electron chi connectivity index (χ0n) is 15.7. The van der Waals surface area contributed by atoms with Crippen LogP contribution in [0, 0.1) is 0 Å². The number of hydrogen-bond acceptors (Lipinski definition) is 4. The van der Waals surface area contributed by atoms with Crippen molar-refractivity contribution in [2.75, 3.05) is 44.3 Å². The van der Waals surface area contributed by atoms with Crippen LogP contribution >= 0.6 is 0 Å². The fourth-order valence-electron chi connectivity index (χ4n) is 3.78. The molecule has 5 heteroatoms. The molecular weight excluding hydrogens is 338 g/mol. The molecule has 0 aliphatic carbocycles. The number of morpholine rings is 1. The minimum Gasteiger partial charge on any atom is -0.379 e. The Bertz CT molecular complexity index is 769. The van der Waals surface area contributed by atoms with Gasteiger partial charge in [0.25, 0.3) is 0 Å². The molecule has 1 N–H and O–H groups in total. The van der Waals surface area contributed by atoms with Gasteiger partial charge in [0.1, 0.15) is 0 Å². The third kappa shape index (κ3) is 4.67. The Morgan fingerprint density at radius 2 is 1.70 bits per heavy atom. The first-order chi connectivity index (χ1) is 13.3. The van der Waals surface area contributed by atoms with Crippen molar-refractivity contribution >= 4 is 11.6 Å². The molecule has 2 aliphatic rings. The van der Waals surface area contributed by atoms with Gasteiger partial charge in [-0.05, 0) is 29.2 Å². The lowest BCUT2D eigenvalue weighted by Gasteiger charge is -2.26. The lowest BCUT2D eigenvalue weighted by Crippen LogP contribution is -2.36. The minimum absolute atomic E-state index is 0.0732. The molecule has 0 saturated carbocycles. The molecule has 2 aromatic carbocycles. The summed E-state index contributed by atoms with van der Waals surface area (Å²) in [7, 11) is 0. The predicted molar refractivity (Wildman–Crippen MR) is 107 cm³/mol. The number of benzene rings is 2. The maximum atomic E-state index is 12.3. The molecule has 0 atom stereocenters. The number of carbonyl (C=O) groups is 1. The molecule has 1 saturated heterocycles. The zero-order valence-corrected chi connectivity index (χ0v) is 15.7. The van der Waals surface area contributed by atoms with E-state index in [0.29, 0.717) is 13.1 Å². The number of anilines is 1. The van der Waals surface area contributed by atoms with E-state index in [0.717, 1.165) is 51.4 Å². The molecule has 27 heavy (non-hydrogen) atoms. The summed E-state index contributed by atoms with van der Waals surface area (Å²) in [6, 6.07) is 16.9. The highest BCUT2D eigenvalue weighted by atomic mass is 16.5. The van der Waals surface area contributed by atoms with Crippen molar-refractivity contribution in [3.8, 4) is 0 Å². The Kier molecular flexibility index (Phi) is 5.70. The topological polar surface area (TPSA) is 44.8 Å². The Labute approximate surface area is 160 Å². The van der Waals surface area contributed by atoms with Gasteiger partial charge in [0.15, 0.2) is 0 Å². The molecule has 4 rings (SSSR count). The molecule has 0 radical (unpaired) electrons. The number of ether oxygens (including phenoxy) is 1. The summed E-state index contributed by atoms with van der Waals surface area (Å²) in [5, 5.41) is 3.05. The van der Waals surface area contributed by atoms with Crippen molar-refractivity contribution in [1.29, 1.82) is 0 Å². The van der Waals surface area contributed by atoms with Gasteiger partial charge in [-0.15, -0.1) is 0 Å². The number of carbonyl (C=O) groups excluding carboxylic acids is 1. The molecule has 1 fully saturated rings. The molecule has 2 aromatic rings. The number of nitrogens with one attached hydrogen (secondary N) is 1.